The van der Waals surface area contributed by atoms with Gasteiger partial charge in [-0.05, 0) is 39.3 Å². The van der Waals surface area contributed by atoms with Crippen LogP contribution < -0.4 is 0 Å². The summed E-state index contributed by atoms with van der Waals surface area (Å²) in [5.74, 6) is 0. The molecule has 1 aliphatic carbocycles. The first-order valence-corrected chi connectivity index (χ1v) is 5.81. The van der Waals surface area contributed by atoms with Gasteiger partial charge in [0.2, 0.25) is 0 Å². The average Bonchev–Trinajstić information content (AvgIpc) is 2.88. The van der Waals surface area contributed by atoms with Gasteiger partial charge in [0.05, 0.1) is 5.60 Å². The molecule has 0 unspecified atom stereocenters. The molecule has 1 heterocycles. The van der Waals surface area contributed by atoms with Crippen molar-refractivity contribution < 1.29 is 5.11 Å². The molecule has 14 heavy (non-hydrogen) atoms. The second kappa shape index (κ2) is 4.17. The highest BCUT2D eigenvalue weighted by Gasteiger charge is 2.39. The summed E-state index contributed by atoms with van der Waals surface area (Å²) in [5, 5.41) is 9.67. The minimum Gasteiger partial charge on any atom is -0.390 e. The molecule has 0 aromatic rings. The van der Waals surface area contributed by atoms with Crippen molar-refractivity contribution in [2.75, 3.05) is 39.8 Å². The lowest BCUT2D eigenvalue weighted by atomic mass is 10.1. The Morgan fingerprint density at radius 3 is 2.36 bits per heavy atom. The van der Waals surface area contributed by atoms with Crippen LogP contribution in [0, 0.1) is 0 Å². The molecule has 0 amide bonds. The highest BCUT2D eigenvalue weighted by molar-refractivity contribution is 4.93. The van der Waals surface area contributed by atoms with Crippen LogP contribution in [-0.2, 0) is 0 Å². The number of rotatable bonds is 4. The monoisotopic (exact) mass is 198 g/mol. The number of likely N-dealkylation sites (N-methyl/N-ethyl adjacent to an activating group) is 1. The molecule has 0 radical (unpaired) electrons. The van der Waals surface area contributed by atoms with E-state index in [1.54, 1.807) is 0 Å². The Morgan fingerprint density at radius 1 is 1.14 bits per heavy atom. The molecule has 1 aliphatic heterocycles. The summed E-state index contributed by atoms with van der Waals surface area (Å²) >= 11 is 0. The van der Waals surface area contributed by atoms with E-state index in [1.165, 1.54) is 39.1 Å². The molecule has 0 aromatic carbocycles. The van der Waals surface area contributed by atoms with Gasteiger partial charge in [-0.2, -0.15) is 0 Å². The number of piperazine rings is 1. The quantitative estimate of drug-likeness (QED) is 0.714. The van der Waals surface area contributed by atoms with Crippen molar-refractivity contribution in [3.63, 3.8) is 0 Å². The van der Waals surface area contributed by atoms with Crippen LogP contribution >= 0.6 is 0 Å². The van der Waals surface area contributed by atoms with E-state index in [0.29, 0.717) is 0 Å². The van der Waals surface area contributed by atoms with E-state index in [2.05, 4.69) is 16.8 Å². The van der Waals surface area contributed by atoms with E-state index in [9.17, 15) is 5.11 Å². The van der Waals surface area contributed by atoms with Gasteiger partial charge in [0.15, 0.2) is 0 Å². The smallest absolute Gasteiger partial charge is 0.0650 e. The Kier molecular flexibility index (Phi) is 3.10. The Labute approximate surface area is 86.7 Å². The van der Waals surface area contributed by atoms with Crippen LogP contribution in [0.4, 0.5) is 0 Å². The van der Waals surface area contributed by atoms with Gasteiger partial charge in [0.1, 0.15) is 0 Å². The maximum absolute atomic E-state index is 9.67. The van der Waals surface area contributed by atoms with Gasteiger partial charge in [-0.3, -0.25) is 0 Å². The van der Waals surface area contributed by atoms with Gasteiger partial charge in [0.25, 0.3) is 0 Å². The van der Waals surface area contributed by atoms with Crippen molar-refractivity contribution in [3.05, 3.63) is 0 Å². The van der Waals surface area contributed by atoms with Crippen molar-refractivity contribution in [3.8, 4) is 0 Å². The molecule has 1 saturated carbocycles. The SMILES string of the molecule is CN1CCN(CCCC2(O)CC2)CC1. The molecule has 1 N–H and O–H groups in total. The molecule has 2 rings (SSSR count). The van der Waals surface area contributed by atoms with Crippen molar-refractivity contribution in [1.29, 1.82) is 0 Å². The standard InChI is InChI=1S/C11H22N2O/c1-12-7-9-13(10-8-12)6-2-3-11(14)4-5-11/h14H,2-10H2,1H3. The molecular formula is C11H22N2O. The largest absolute Gasteiger partial charge is 0.390 e. The van der Waals surface area contributed by atoms with Gasteiger partial charge in [-0.1, -0.05) is 0 Å². The molecule has 0 bridgehead atoms. The fourth-order valence-corrected chi connectivity index (χ4v) is 2.10. The van der Waals surface area contributed by atoms with Crippen molar-refractivity contribution in [1.82, 2.24) is 9.80 Å². The molecule has 2 aliphatic rings. The van der Waals surface area contributed by atoms with Crippen molar-refractivity contribution >= 4 is 0 Å². The molecule has 0 atom stereocenters. The number of hydrogen-bond acceptors (Lipinski definition) is 3. The number of aliphatic hydroxyl groups is 1. The first-order valence-electron chi connectivity index (χ1n) is 5.81. The summed E-state index contributed by atoms with van der Waals surface area (Å²) in [6.45, 7) is 5.98. The van der Waals surface area contributed by atoms with E-state index in [4.69, 9.17) is 0 Å². The van der Waals surface area contributed by atoms with E-state index in [-0.39, 0.29) is 5.60 Å². The van der Waals surface area contributed by atoms with Crippen LogP contribution in [0.1, 0.15) is 25.7 Å². The zero-order valence-electron chi connectivity index (χ0n) is 9.21. The molecule has 3 nitrogen and oxygen atoms in total. The van der Waals surface area contributed by atoms with Gasteiger partial charge < -0.3 is 14.9 Å². The summed E-state index contributed by atoms with van der Waals surface area (Å²) in [7, 11) is 2.18. The lowest BCUT2D eigenvalue weighted by molar-refractivity contribution is 0.117. The van der Waals surface area contributed by atoms with Gasteiger partial charge in [0, 0.05) is 26.2 Å². The van der Waals surface area contributed by atoms with E-state index >= 15 is 0 Å². The minimum absolute atomic E-state index is 0.243. The predicted octanol–water partition coefficient (Wildman–Crippen LogP) is 0.539. The summed E-state index contributed by atoms with van der Waals surface area (Å²) < 4.78 is 0. The van der Waals surface area contributed by atoms with Crippen LogP contribution in [0.15, 0.2) is 0 Å². The van der Waals surface area contributed by atoms with Gasteiger partial charge in [-0.25, -0.2) is 0 Å². The first kappa shape index (κ1) is 10.4. The molecule has 82 valence electrons. The van der Waals surface area contributed by atoms with E-state index in [1.807, 2.05) is 0 Å². The molecule has 2 fully saturated rings. The maximum Gasteiger partial charge on any atom is 0.0650 e. The third-order valence-electron chi connectivity index (χ3n) is 3.54. The fourth-order valence-electron chi connectivity index (χ4n) is 2.10. The zero-order valence-corrected chi connectivity index (χ0v) is 9.21. The summed E-state index contributed by atoms with van der Waals surface area (Å²) in [6.07, 6.45) is 4.25. The van der Waals surface area contributed by atoms with Crippen LogP contribution in [0.2, 0.25) is 0 Å². The Hall–Kier alpha value is -0.120. The van der Waals surface area contributed by atoms with E-state index < -0.39 is 0 Å². The predicted molar refractivity (Wildman–Crippen MR) is 57.4 cm³/mol. The highest BCUT2D eigenvalue weighted by Crippen LogP contribution is 2.39. The highest BCUT2D eigenvalue weighted by atomic mass is 16.3. The first-order chi connectivity index (χ1) is 6.68. The lowest BCUT2D eigenvalue weighted by Gasteiger charge is -2.32. The topological polar surface area (TPSA) is 26.7 Å². The number of hydrogen-bond donors (Lipinski definition) is 1. The fraction of sp³-hybridized carbons (Fsp3) is 1.00. The third-order valence-corrected chi connectivity index (χ3v) is 3.54. The van der Waals surface area contributed by atoms with Crippen molar-refractivity contribution in [2.24, 2.45) is 0 Å². The van der Waals surface area contributed by atoms with Crippen LogP contribution in [0.3, 0.4) is 0 Å². The summed E-state index contributed by atoms with van der Waals surface area (Å²) in [5.41, 5.74) is -0.243. The second-order valence-corrected chi connectivity index (χ2v) is 4.97. The lowest BCUT2D eigenvalue weighted by Crippen LogP contribution is -2.44. The van der Waals surface area contributed by atoms with Crippen molar-refractivity contribution in [2.45, 2.75) is 31.3 Å². The molecule has 3 heteroatoms. The molecular weight excluding hydrogens is 176 g/mol. The van der Waals surface area contributed by atoms with Crippen LogP contribution in [0.5, 0.6) is 0 Å². The zero-order chi connectivity index (χ0) is 10.0. The average molecular weight is 198 g/mol. The molecule has 1 saturated heterocycles. The van der Waals surface area contributed by atoms with Crippen LogP contribution in [0.25, 0.3) is 0 Å². The third kappa shape index (κ3) is 2.94. The Morgan fingerprint density at radius 2 is 1.79 bits per heavy atom. The second-order valence-electron chi connectivity index (χ2n) is 4.97. The minimum atomic E-state index is -0.243. The normalized spacial score (nSPS) is 27.9. The van der Waals surface area contributed by atoms with Gasteiger partial charge in [-0.15, -0.1) is 0 Å². The summed E-state index contributed by atoms with van der Waals surface area (Å²) in [6, 6.07) is 0. The molecule has 0 aromatic heterocycles. The maximum atomic E-state index is 9.67. The number of nitrogens with zero attached hydrogens (tertiary/aromatic N) is 2. The Bertz CT molecular complexity index is 184. The summed E-state index contributed by atoms with van der Waals surface area (Å²) in [4.78, 5) is 4.90. The Balaban J connectivity index is 1.57. The molecule has 0 spiro atoms. The van der Waals surface area contributed by atoms with Gasteiger partial charge >= 0.3 is 0 Å². The van der Waals surface area contributed by atoms with Crippen LogP contribution in [-0.4, -0.2) is 60.3 Å². The van der Waals surface area contributed by atoms with E-state index in [0.717, 1.165) is 19.3 Å².